The van der Waals surface area contributed by atoms with Crippen LogP contribution >= 0.6 is 23.8 Å². The summed E-state index contributed by atoms with van der Waals surface area (Å²) in [5.41, 5.74) is 0. The van der Waals surface area contributed by atoms with Crippen molar-refractivity contribution >= 4 is 38.8 Å². The molecule has 0 aromatic carbocycles. The van der Waals surface area contributed by atoms with E-state index >= 15 is 0 Å². The van der Waals surface area contributed by atoms with Crippen molar-refractivity contribution in [2.24, 2.45) is 0 Å². The fourth-order valence-corrected chi connectivity index (χ4v) is 6.73. The van der Waals surface area contributed by atoms with E-state index in [0.29, 0.717) is 6.61 Å². The lowest BCUT2D eigenvalue weighted by atomic mass is 10.0. The average molecular weight is 482 g/mol. The first kappa shape index (κ1) is 28.0. The van der Waals surface area contributed by atoms with Crippen LogP contribution in [0.1, 0.15) is 110 Å². The zero-order chi connectivity index (χ0) is 22.1. The topological polar surface area (TPSA) is 55.4 Å². The molecule has 0 aliphatic carbocycles. The minimum absolute atomic E-state index is 0.00790. The first-order valence-electron chi connectivity index (χ1n) is 12.2. The predicted octanol–water partition coefficient (Wildman–Crippen LogP) is 6.54. The molecule has 0 aromatic heterocycles. The molecule has 0 aromatic rings. The molecule has 7 heteroatoms. The first-order valence-corrected chi connectivity index (χ1v) is 14.9. The second-order valence-electron chi connectivity index (χ2n) is 8.78. The highest BCUT2D eigenvalue weighted by molar-refractivity contribution is 7.91. The number of hydrogen-bond donors (Lipinski definition) is 1. The summed E-state index contributed by atoms with van der Waals surface area (Å²) in [5.74, 6) is 0.0394. The molecule has 0 radical (unpaired) electrons. The Balaban J connectivity index is 1.80. The van der Waals surface area contributed by atoms with E-state index in [9.17, 15) is 8.42 Å². The fraction of sp³-hybridized carbons (Fsp3) is 0.957. The summed E-state index contributed by atoms with van der Waals surface area (Å²) in [7, 11) is -3.05. The highest BCUT2D eigenvalue weighted by atomic mass is 35.5. The van der Waals surface area contributed by atoms with E-state index in [1.807, 2.05) is 0 Å². The highest BCUT2D eigenvalue weighted by Crippen LogP contribution is 2.18. The molecule has 2 atom stereocenters. The summed E-state index contributed by atoms with van der Waals surface area (Å²) in [6.45, 7) is 2.85. The standard InChI is InChI=1S/C23H44ClNO3S2/c1-2-3-4-5-6-7-8-9-10-11-12-13-14-15-16-17-18-28-23(29)25-22-20-30(26,27)19-21(22)24/h21-22H,2-20H2,1H3,(H,25,29). The monoisotopic (exact) mass is 481 g/mol. The molecular weight excluding hydrogens is 438 g/mol. The molecule has 4 nitrogen and oxygen atoms in total. The van der Waals surface area contributed by atoms with Crippen molar-refractivity contribution < 1.29 is 13.2 Å². The fourth-order valence-electron chi connectivity index (χ4n) is 3.94. The first-order chi connectivity index (χ1) is 14.4. The number of hydrogen-bond acceptors (Lipinski definition) is 4. The Hall–Kier alpha value is -0.0700. The Morgan fingerprint density at radius 2 is 1.27 bits per heavy atom. The molecule has 178 valence electrons. The summed E-state index contributed by atoms with van der Waals surface area (Å²) >= 11 is 11.2. The van der Waals surface area contributed by atoms with Crippen LogP contribution in [0, 0.1) is 0 Å². The molecule has 1 aliphatic rings. The number of nitrogens with one attached hydrogen (secondary N) is 1. The maximum absolute atomic E-state index is 11.6. The number of thiocarbonyl (C=S) groups is 1. The summed E-state index contributed by atoms with van der Waals surface area (Å²) in [6, 6.07) is -0.338. The van der Waals surface area contributed by atoms with E-state index in [1.165, 1.54) is 89.9 Å². The van der Waals surface area contributed by atoms with Gasteiger partial charge in [-0.2, -0.15) is 0 Å². The van der Waals surface area contributed by atoms with Crippen LogP contribution in [0.25, 0.3) is 0 Å². The number of halogens is 1. The lowest BCUT2D eigenvalue weighted by Gasteiger charge is -2.16. The van der Waals surface area contributed by atoms with E-state index in [-0.39, 0.29) is 22.7 Å². The van der Waals surface area contributed by atoms with Crippen LogP contribution in [-0.2, 0) is 14.6 Å². The molecule has 1 rings (SSSR count). The van der Waals surface area contributed by atoms with Crippen molar-refractivity contribution in [2.45, 2.75) is 121 Å². The van der Waals surface area contributed by atoms with Crippen molar-refractivity contribution in [3.63, 3.8) is 0 Å². The molecular formula is C23H44ClNO3S2. The van der Waals surface area contributed by atoms with Crippen molar-refractivity contribution in [3.8, 4) is 0 Å². The summed E-state index contributed by atoms with van der Waals surface area (Å²) in [6.07, 6.45) is 21.5. The molecule has 0 bridgehead atoms. The summed E-state index contributed by atoms with van der Waals surface area (Å²) < 4.78 is 28.6. The third-order valence-electron chi connectivity index (χ3n) is 5.82. The molecule has 1 aliphatic heterocycles. The molecule has 1 N–H and O–H groups in total. The van der Waals surface area contributed by atoms with Crippen LogP contribution in [-0.4, -0.2) is 43.1 Å². The Labute approximate surface area is 196 Å². The number of ether oxygens (including phenoxy) is 1. The van der Waals surface area contributed by atoms with Crippen molar-refractivity contribution in [1.29, 1.82) is 0 Å². The number of unbranched alkanes of at least 4 members (excludes halogenated alkanes) is 15. The van der Waals surface area contributed by atoms with Gasteiger partial charge in [0.15, 0.2) is 9.84 Å². The molecule has 1 fully saturated rings. The van der Waals surface area contributed by atoms with Crippen LogP contribution in [0.5, 0.6) is 0 Å². The minimum Gasteiger partial charge on any atom is -0.471 e. The second-order valence-corrected chi connectivity index (χ2v) is 11.9. The van der Waals surface area contributed by atoms with Crippen LogP contribution in [0.3, 0.4) is 0 Å². The normalized spacial score (nSPS) is 20.3. The lowest BCUT2D eigenvalue weighted by molar-refractivity contribution is 0.283. The Morgan fingerprint density at radius 3 is 1.67 bits per heavy atom. The molecule has 30 heavy (non-hydrogen) atoms. The van der Waals surface area contributed by atoms with Gasteiger partial charge in [-0.1, -0.05) is 103 Å². The van der Waals surface area contributed by atoms with Crippen LogP contribution in [0.2, 0.25) is 0 Å². The van der Waals surface area contributed by atoms with Gasteiger partial charge in [-0.25, -0.2) is 8.42 Å². The zero-order valence-corrected chi connectivity index (χ0v) is 21.4. The summed E-state index contributed by atoms with van der Waals surface area (Å²) in [4.78, 5) is 0. The predicted molar refractivity (Wildman–Crippen MR) is 133 cm³/mol. The maximum atomic E-state index is 11.6. The molecule has 1 saturated heterocycles. The largest absolute Gasteiger partial charge is 0.471 e. The van der Waals surface area contributed by atoms with E-state index in [1.54, 1.807) is 0 Å². The molecule has 0 amide bonds. The van der Waals surface area contributed by atoms with Gasteiger partial charge in [-0.05, 0) is 18.6 Å². The molecule has 1 heterocycles. The van der Waals surface area contributed by atoms with Gasteiger partial charge < -0.3 is 10.1 Å². The SMILES string of the molecule is CCCCCCCCCCCCCCCCCCOC(=S)NC1CS(=O)(=O)CC1Cl. The lowest BCUT2D eigenvalue weighted by Crippen LogP contribution is -2.40. The quantitative estimate of drug-likeness (QED) is 0.137. The number of rotatable bonds is 18. The van der Waals surface area contributed by atoms with Crippen LogP contribution in [0.4, 0.5) is 0 Å². The van der Waals surface area contributed by atoms with Crippen molar-refractivity contribution in [3.05, 3.63) is 0 Å². The van der Waals surface area contributed by atoms with Gasteiger partial charge in [0, 0.05) is 0 Å². The molecule has 0 spiro atoms. The van der Waals surface area contributed by atoms with E-state index in [4.69, 9.17) is 28.6 Å². The van der Waals surface area contributed by atoms with Gasteiger partial charge in [0.2, 0.25) is 0 Å². The van der Waals surface area contributed by atoms with E-state index in [0.717, 1.165) is 12.8 Å². The third kappa shape index (κ3) is 14.9. The Morgan fingerprint density at radius 1 is 0.833 bits per heavy atom. The van der Waals surface area contributed by atoms with Crippen molar-refractivity contribution in [1.82, 2.24) is 5.32 Å². The Bertz CT molecular complexity index is 543. The summed E-state index contributed by atoms with van der Waals surface area (Å²) in [5, 5.41) is 2.77. The van der Waals surface area contributed by atoms with Gasteiger partial charge in [-0.15, -0.1) is 11.6 Å². The molecule has 0 saturated carbocycles. The van der Waals surface area contributed by atoms with Gasteiger partial charge in [0.1, 0.15) is 0 Å². The second kappa shape index (κ2) is 17.5. The van der Waals surface area contributed by atoms with Gasteiger partial charge >= 0.3 is 0 Å². The smallest absolute Gasteiger partial charge is 0.256 e. The maximum Gasteiger partial charge on any atom is 0.256 e. The number of alkyl halides is 1. The van der Waals surface area contributed by atoms with Crippen molar-refractivity contribution in [2.75, 3.05) is 18.1 Å². The molecule has 2 unspecified atom stereocenters. The number of sulfone groups is 1. The van der Waals surface area contributed by atoms with Crippen LogP contribution in [0.15, 0.2) is 0 Å². The van der Waals surface area contributed by atoms with Gasteiger partial charge in [-0.3, -0.25) is 0 Å². The average Bonchev–Trinajstić information content (AvgIpc) is 2.95. The van der Waals surface area contributed by atoms with Gasteiger partial charge in [0.25, 0.3) is 5.17 Å². The minimum atomic E-state index is -3.05. The van der Waals surface area contributed by atoms with Gasteiger partial charge in [0.05, 0.1) is 29.5 Å². The van der Waals surface area contributed by atoms with E-state index in [2.05, 4.69) is 12.2 Å². The third-order valence-corrected chi connectivity index (χ3v) is 8.43. The Kier molecular flexibility index (Phi) is 16.3. The van der Waals surface area contributed by atoms with Crippen LogP contribution < -0.4 is 5.32 Å². The van der Waals surface area contributed by atoms with E-state index < -0.39 is 15.2 Å². The highest BCUT2D eigenvalue weighted by Gasteiger charge is 2.36. The zero-order valence-electron chi connectivity index (χ0n) is 19.0.